The SMILES string of the molecule is C=COCCC(F)(F)C(F)(F)C(F)(F)F. The van der Waals surface area contributed by atoms with Crippen molar-refractivity contribution in [1.82, 2.24) is 0 Å². The maximum absolute atomic E-state index is 12.4. The average Bonchev–Trinajstić information content (AvgIpc) is 2.02. The van der Waals surface area contributed by atoms with Gasteiger partial charge in [-0.2, -0.15) is 30.7 Å². The van der Waals surface area contributed by atoms with Crippen LogP contribution in [0.1, 0.15) is 6.42 Å². The summed E-state index contributed by atoms with van der Waals surface area (Å²) in [7, 11) is 0. The van der Waals surface area contributed by atoms with Gasteiger partial charge in [0.1, 0.15) is 0 Å². The summed E-state index contributed by atoms with van der Waals surface area (Å²) in [6, 6.07) is 0. The minimum atomic E-state index is -6.29. The topological polar surface area (TPSA) is 9.23 Å². The van der Waals surface area contributed by atoms with Crippen LogP contribution in [0.5, 0.6) is 0 Å². The highest BCUT2D eigenvalue weighted by molar-refractivity contribution is 4.90. The van der Waals surface area contributed by atoms with Crippen LogP contribution >= 0.6 is 0 Å². The van der Waals surface area contributed by atoms with Crippen LogP contribution in [-0.2, 0) is 4.74 Å². The van der Waals surface area contributed by atoms with Crippen molar-refractivity contribution < 1.29 is 35.5 Å². The van der Waals surface area contributed by atoms with Crippen molar-refractivity contribution in [2.75, 3.05) is 6.61 Å². The number of rotatable bonds is 5. The molecule has 0 N–H and O–H groups in total. The predicted molar refractivity (Wildman–Crippen MR) is 36.7 cm³/mol. The summed E-state index contributed by atoms with van der Waals surface area (Å²) in [6.45, 7) is 1.94. The fraction of sp³-hybridized carbons (Fsp3) is 0.714. The van der Waals surface area contributed by atoms with Gasteiger partial charge in [0.15, 0.2) is 0 Å². The number of alkyl halides is 7. The first kappa shape index (κ1) is 14.0. The van der Waals surface area contributed by atoms with E-state index in [0.717, 1.165) is 0 Å². The van der Waals surface area contributed by atoms with E-state index >= 15 is 0 Å². The lowest BCUT2D eigenvalue weighted by molar-refractivity contribution is -0.356. The summed E-state index contributed by atoms with van der Waals surface area (Å²) in [5.41, 5.74) is 0. The zero-order chi connectivity index (χ0) is 12.3. The summed E-state index contributed by atoms with van der Waals surface area (Å²) in [4.78, 5) is 0. The maximum atomic E-state index is 12.4. The standard InChI is InChI=1S/C7H7F7O/c1-2-15-4-3-5(8,9)6(10,11)7(12,13)14/h2H,1,3-4H2. The molecule has 0 aromatic carbocycles. The molecule has 0 aliphatic carbocycles. The Morgan fingerprint density at radius 1 is 1.00 bits per heavy atom. The van der Waals surface area contributed by atoms with Gasteiger partial charge in [0, 0.05) is 0 Å². The quantitative estimate of drug-likeness (QED) is 0.406. The van der Waals surface area contributed by atoms with Gasteiger partial charge in [0.25, 0.3) is 0 Å². The van der Waals surface area contributed by atoms with Crippen LogP contribution < -0.4 is 0 Å². The Hall–Kier alpha value is -0.950. The Morgan fingerprint density at radius 3 is 1.80 bits per heavy atom. The number of hydrogen-bond donors (Lipinski definition) is 0. The highest BCUT2D eigenvalue weighted by Gasteiger charge is 2.72. The second-order valence-corrected chi connectivity index (χ2v) is 2.56. The van der Waals surface area contributed by atoms with Gasteiger partial charge in [-0.25, -0.2) is 0 Å². The van der Waals surface area contributed by atoms with Crippen molar-refractivity contribution in [2.45, 2.75) is 24.4 Å². The van der Waals surface area contributed by atoms with E-state index in [0.29, 0.717) is 6.26 Å². The highest BCUT2D eigenvalue weighted by atomic mass is 19.4. The molecular weight excluding hydrogens is 233 g/mol. The molecule has 0 radical (unpaired) electrons. The molecular formula is C7H7F7O. The second-order valence-electron chi connectivity index (χ2n) is 2.56. The van der Waals surface area contributed by atoms with Gasteiger partial charge in [0.2, 0.25) is 0 Å². The third-order valence-electron chi connectivity index (χ3n) is 1.47. The summed E-state index contributed by atoms with van der Waals surface area (Å²) >= 11 is 0. The number of halogens is 7. The molecule has 8 heteroatoms. The van der Waals surface area contributed by atoms with Crippen LogP contribution in [0.25, 0.3) is 0 Å². The van der Waals surface area contributed by atoms with Crippen molar-refractivity contribution in [3.63, 3.8) is 0 Å². The van der Waals surface area contributed by atoms with E-state index < -0.39 is 31.0 Å². The van der Waals surface area contributed by atoms with Crippen molar-refractivity contribution in [3.05, 3.63) is 12.8 Å². The fourth-order valence-electron chi connectivity index (χ4n) is 0.635. The molecule has 0 heterocycles. The zero-order valence-corrected chi connectivity index (χ0v) is 7.25. The van der Waals surface area contributed by atoms with Crippen LogP contribution in [-0.4, -0.2) is 24.6 Å². The normalized spacial score (nSPS) is 13.8. The molecule has 0 unspecified atom stereocenters. The molecule has 0 saturated heterocycles. The van der Waals surface area contributed by atoms with Crippen LogP contribution in [0, 0.1) is 0 Å². The molecule has 0 aromatic rings. The maximum Gasteiger partial charge on any atom is 0.459 e. The van der Waals surface area contributed by atoms with Gasteiger partial charge in [0.05, 0.1) is 19.3 Å². The minimum Gasteiger partial charge on any atom is -0.502 e. The molecule has 0 spiro atoms. The van der Waals surface area contributed by atoms with Crippen molar-refractivity contribution in [3.8, 4) is 0 Å². The number of hydrogen-bond acceptors (Lipinski definition) is 1. The summed E-state index contributed by atoms with van der Waals surface area (Å²) < 4.78 is 87.9. The van der Waals surface area contributed by atoms with Gasteiger partial charge >= 0.3 is 18.0 Å². The lowest BCUT2D eigenvalue weighted by atomic mass is 10.1. The zero-order valence-electron chi connectivity index (χ0n) is 7.25. The Morgan fingerprint density at radius 2 is 1.47 bits per heavy atom. The average molecular weight is 240 g/mol. The molecule has 0 fully saturated rings. The minimum absolute atomic E-state index is 0.668. The molecule has 0 amide bonds. The van der Waals surface area contributed by atoms with Gasteiger partial charge in [-0.1, -0.05) is 6.58 Å². The van der Waals surface area contributed by atoms with E-state index in [9.17, 15) is 30.7 Å². The molecule has 15 heavy (non-hydrogen) atoms. The molecule has 1 nitrogen and oxygen atoms in total. The summed E-state index contributed by atoms with van der Waals surface area (Å²) in [5.74, 6) is -11.3. The van der Waals surface area contributed by atoms with E-state index in [1.807, 2.05) is 0 Å². The third-order valence-corrected chi connectivity index (χ3v) is 1.47. The molecule has 0 aromatic heterocycles. The predicted octanol–water partition coefficient (Wildman–Crippen LogP) is 3.37. The van der Waals surface area contributed by atoms with Gasteiger partial charge in [-0.05, 0) is 0 Å². The largest absolute Gasteiger partial charge is 0.502 e. The van der Waals surface area contributed by atoms with E-state index in [2.05, 4.69) is 11.3 Å². The van der Waals surface area contributed by atoms with Crippen molar-refractivity contribution in [2.24, 2.45) is 0 Å². The van der Waals surface area contributed by atoms with Gasteiger partial charge in [-0.3, -0.25) is 0 Å². The number of ether oxygens (including phenoxy) is 1. The molecule has 0 rings (SSSR count). The monoisotopic (exact) mass is 240 g/mol. The van der Waals surface area contributed by atoms with E-state index in [-0.39, 0.29) is 0 Å². The molecule has 0 saturated carbocycles. The Labute approximate surface area is 80.5 Å². The molecule has 0 aliphatic heterocycles. The fourth-order valence-corrected chi connectivity index (χ4v) is 0.635. The first-order chi connectivity index (χ1) is 6.56. The molecule has 90 valence electrons. The van der Waals surface area contributed by atoms with Gasteiger partial charge in [-0.15, -0.1) is 0 Å². The summed E-state index contributed by atoms with van der Waals surface area (Å²) in [5, 5.41) is 0. The van der Waals surface area contributed by atoms with Crippen LogP contribution in [0.15, 0.2) is 12.8 Å². The third kappa shape index (κ3) is 3.00. The summed E-state index contributed by atoms with van der Waals surface area (Å²) in [6.07, 6.45) is -7.36. The second kappa shape index (κ2) is 4.28. The molecule has 0 aliphatic rings. The van der Waals surface area contributed by atoms with Crippen molar-refractivity contribution in [1.29, 1.82) is 0 Å². The smallest absolute Gasteiger partial charge is 0.459 e. The lowest BCUT2D eigenvalue weighted by Gasteiger charge is -2.27. The van der Waals surface area contributed by atoms with E-state index in [4.69, 9.17) is 0 Å². The van der Waals surface area contributed by atoms with Gasteiger partial charge < -0.3 is 4.74 Å². The van der Waals surface area contributed by atoms with E-state index in [1.54, 1.807) is 0 Å². The highest BCUT2D eigenvalue weighted by Crippen LogP contribution is 2.47. The first-order valence-corrected chi connectivity index (χ1v) is 3.61. The van der Waals surface area contributed by atoms with Crippen LogP contribution in [0.4, 0.5) is 30.7 Å². The Bertz CT molecular complexity index is 220. The molecule has 0 atom stereocenters. The van der Waals surface area contributed by atoms with Crippen molar-refractivity contribution >= 4 is 0 Å². The molecule has 0 bridgehead atoms. The lowest BCUT2D eigenvalue weighted by Crippen LogP contribution is -2.52. The first-order valence-electron chi connectivity index (χ1n) is 3.61. The Kier molecular flexibility index (Phi) is 4.01. The van der Waals surface area contributed by atoms with Crippen LogP contribution in [0.2, 0.25) is 0 Å². The van der Waals surface area contributed by atoms with E-state index in [1.165, 1.54) is 0 Å². The van der Waals surface area contributed by atoms with Crippen LogP contribution in [0.3, 0.4) is 0 Å². The Balaban J connectivity index is 4.62.